The summed E-state index contributed by atoms with van der Waals surface area (Å²) < 4.78 is 0. The minimum atomic E-state index is 0.905. The molecule has 0 N–H and O–H groups in total. The van der Waals surface area contributed by atoms with Gasteiger partial charge in [0, 0.05) is 0 Å². The highest BCUT2D eigenvalue weighted by Crippen LogP contribution is 2.55. The van der Waals surface area contributed by atoms with Crippen LogP contribution in [0.5, 0.6) is 0 Å². The molecule has 0 aromatic rings. The third-order valence-electron chi connectivity index (χ3n) is 3.74. The zero-order chi connectivity index (χ0) is 9.26. The molecule has 0 aliphatic heterocycles. The number of fused-ring (bicyclic) bond motifs is 1. The van der Waals surface area contributed by atoms with Crippen molar-refractivity contribution >= 4 is 0 Å². The van der Waals surface area contributed by atoms with Crippen LogP contribution in [-0.2, 0) is 0 Å². The van der Waals surface area contributed by atoms with Gasteiger partial charge >= 0.3 is 0 Å². The van der Waals surface area contributed by atoms with Gasteiger partial charge in [0.1, 0.15) is 0 Å². The Morgan fingerprint density at radius 3 is 2.85 bits per heavy atom. The van der Waals surface area contributed by atoms with E-state index in [9.17, 15) is 0 Å². The fourth-order valence-electron chi connectivity index (χ4n) is 3.04. The van der Waals surface area contributed by atoms with Gasteiger partial charge in [0.25, 0.3) is 0 Å². The average Bonchev–Trinajstić information content (AvgIpc) is 2.58. The molecular formula is C13H22. The van der Waals surface area contributed by atoms with Gasteiger partial charge in [-0.1, -0.05) is 26.0 Å². The third kappa shape index (κ3) is 2.15. The maximum atomic E-state index is 2.43. The molecule has 0 radical (unpaired) electrons. The summed E-state index contributed by atoms with van der Waals surface area (Å²) in [5.41, 5.74) is 0. The first-order valence-corrected chi connectivity index (χ1v) is 5.94. The minimum absolute atomic E-state index is 0.905. The molecule has 74 valence electrons. The van der Waals surface area contributed by atoms with Crippen molar-refractivity contribution in [3.8, 4) is 0 Å². The maximum absolute atomic E-state index is 2.43. The van der Waals surface area contributed by atoms with Gasteiger partial charge in [-0.05, 0) is 55.8 Å². The summed E-state index contributed by atoms with van der Waals surface area (Å²) in [7, 11) is 0. The molecule has 0 bridgehead atoms. The Kier molecular flexibility index (Phi) is 2.76. The van der Waals surface area contributed by atoms with E-state index in [4.69, 9.17) is 0 Å². The predicted molar refractivity (Wildman–Crippen MR) is 57.5 cm³/mol. The van der Waals surface area contributed by atoms with Gasteiger partial charge in [0.15, 0.2) is 0 Å². The molecule has 13 heavy (non-hydrogen) atoms. The van der Waals surface area contributed by atoms with Gasteiger partial charge in [0.2, 0.25) is 0 Å². The molecule has 0 aromatic heterocycles. The second kappa shape index (κ2) is 3.86. The highest BCUT2D eigenvalue weighted by atomic mass is 14.5. The smallest absolute Gasteiger partial charge is 0.0317 e. The molecule has 3 atom stereocenters. The number of hydrogen-bond acceptors (Lipinski definition) is 0. The summed E-state index contributed by atoms with van der Waals surface area (Å²) in [6, 6.07) is 0. The van der Waals surface area contributed by atoms with Gasteiger partial charge in [-0.2, -0.15) is 0 Å². The van der Waals surface area contributed by atoms with E-state index >= 15 is 0 Å². The topological polar surface area (TPSA) is 0 Å². The van der Waals surface area contributed by atoms with Crippen LogP contribution in [0.2, 0.25) is 0 Å². The van der Waals surface area contributed by atoms with Gasteiger partial charge in [-0.15, -0.1) is 0 Å². The highest BCUT2D eigenvalue weighted by molar-refractivity contribution is 5.03. The van der Waals surface area contributed by atoms with Crippen molar-refractivity contribution in [1.82, 2.24) is 0 Å². The quantitative estimate of drug-likeness (QED) is 0.560. The fourth-order valence-corrected chi connectivity index (χ4v) is 3.04. The standard InChI is InChI=1S/C13H22/c1-10(2)9-13-11-7-5-3-4-6-8-12(11)13/h3,5,10-13H,4,6-9H2,1-2H3/b5-3+. The van der Waals surface area contributed by atoms with Crippen LogP contribution in [-0.4, -0.2) is 0 Å². The molecule has 0 aromatic carbocycles. The lowest BCUT2D eigenvalue weighted by Gasteiger charge is -2.02. The van der Waals surface area contributed by atoms with Crippen molar-refractivity contribution in [3.05, 3.63) is 12.2 Å². The monoisotopic (exact) mass is 178 g/mol. The van der Waals surface area contributed by atoms with Crippen LogP contribution in [0, 0.1) is 23.7 Å². The van der Waals surface area contributed by atoms with Gasteiger partial charge in [-0.25, -0.2) is 0 Å². The molecule has 1 fully saturated rings. The predicted octanol–water partition coefficient (Wildman–Crippen LogP) is 4.02. The van der Waals surface area contributed by atoms with Gasteiger partial charge in [-0.3, -0.25) is 0 Å². The van der Waals surface area contributed by atoms with Crippen LogP contribution in [0.3, 0.4) is 0 Å². The van der Waals surface area contributed by atoms with E-state index in [1.807, 2.05) is 0 Å². The van der Waals surface area contributed by atoms with E-state index < -0.39 is 0 Å². The molecule has 2 rings (SSSR count). The molecule has 0 heterocycles. The van der Waals surface area contributed by atoms with Crippen molar-refractivity contribution < 1.29 is 0 Å². The summed E-state index contributed by atoms with van der Waals surface area (Å²) in [6.45, 7) is 4.73. The maximum Gasteiger partial charge on any atom is -0.0317 e. The van der Waals surface area contributed by atoms with Crippen molar-refractivity contribution in [3.63, 3.8) is 0 Å². The normalized spacial score (nSPS) is 40.7. The number of allylic oxidation sites excluding steroid dienone is 2. The summed E-state index contributed by atoms with van der Waals surface area (Å²) in [6.07, 6.45) is 11.9. The fraction of sp³-hybridized carbons (Fsp3) is 0.846. The van der Waals surface area contributed by atoms with Crippen molar-refractivity contribution in [1.29, 1.82) is 0 Å². The van der Waals surface area contributed by atoms with Gasteiger partial charge < -0.3 is 0 Å². The zero-order valence-electron chi connectivity index (χ0n) is 9.00. The average molecular weight is 178 g/mol. The summed E-state index contributed by atoms with van der Waals surface area (Å²) in [5.74, 6) is 4.16. The molecule has 0 spiro atoms. The summed E-state index contributed by atoms with van der Waals surface area (Å²) in [4.78, 5) is 0. The first-order valence-electron chi connectivity index (χ1n) is 5.94. The first kappa shape index (κ1) is 9.30. The Morgan fingerprint density at radius 1 is 1.23 bits per heavy atom. The first-order chi connectivity index (χ1) is 6.29. The van der Waals surface area contributed by atoms with Crippen molar-refractivity contribution in [2.45, 2.75) is 46.0 Å². The molecule has 0 saturated heterocycles. The second-order valence-electron chi connectivity index (χ2n) is 5.26. The molecule has 1 saturated carbocycles. The lowest BCUT2D eigenvalue weighted by atomic mass is 10.0. The Hall–Kier alpha value is -0.260. The number of hydrogen-bond donors (Lipinski definition) is 0. The van der Waals surface area contributed by atoms with Crippen LogP contribution in [0.4, 0.5) is 0 Å². The molecule has 0 nitrogen and oxygen atoms in total. The molecule has 2 aliphatic carbocycles. The van der Waals surface area contributed by atoms with E-state index in [1.165, 1.54) is 32.1 Å². The van der Waals surface area contributed by atoms with Crippen LogP contribution in [0.25, 0.3) is 0 Å². The van der Waals surface area contributed by atoms with E-state index in [-0.39, 0.29) is 0 Å². The van der Waals surface area contributed by atoms with Crippen molar-refractivity contribution in [2.24, 2.45) is 23.7 Å². The van der Waals surface area contributed by atoms with Crippen LogP contribution >= 0.6 is 0 Å². The minimum Gasteiger partial charge on any atom is -0.0885 e. The Bertz CT molecular complexity index is 190. The van der Waals surface area contributed by atoms with Crippen LogP contribution in [0.15, 0.2) is 12.2 Å². The Balaban J connectivity index is 1.86. The molecule has 3 unspecified atom stereocenters. The van der Waals surface area contributed by atoms with E-state index in [0.29, 0.717) is 0 Å². The molecule has 0 amide bonds. The third-order valence-corrected chi connectivity index (χ3v) is 3.74. The lowest BCUT2D eigenvalue weighted by molar-refractivity contribution is 0.493. The Labute approximate surface area is 82.4 Å². The molecule has 0 heteroatoms. The molecular weight excluding hydrogens is 156 g/mol. The SMILES string of the molecule is CC(C)CC1C2C/C=C/CCCC21. The number of rotatable bonds is 2. The zero-order valence-corrected chi connectivity index (χ0v) is 9.00. The van der Waals surface area contributed by atoms with Crippen LogP contribution < -0.4 is 0 Å². The van der Waals surface area contributed by atoms with Crippen molar-refractivity contribution in [2.75, 3.05) is 0 Å². The highest BCUT2D eigenvalue weighted by Gasteiger charge is 2.47. The van der Waals surface area contributed by atoms with E-state index in [2.05, 4.69) is 26.0 Å². The van der Waals surface area contributed by atoms with Gasteiger partial charge in [0.05, 0.1) is 0 Å². The lowest BCUT2D eigenvalue weighted by Crippen LogP contribution is -1.91. The molecule has 2 aliphatic rings. The Morgan fingerprint density at radius 2 is 2.08 bits per heavy atom. The van der Waals surface area contributed by atoms with Crippen LogP contribution in [0.1, 0.15) is 46.0 Å². The second-order valence-corrected chi connectivity index (χ2v) is 5.26. The van der Waals surface area contributed by atoms with E-state index in [1.54, 1.807) is 0 Å². The van der Waals surface area contributed by atoms with E-state index in [0.717, 1.165) is 23.7 Å². The summed E-state index contributed by atoms with van der Waals surface area (Å²) >= 11 is 0. The largest absolute Gasteiger partial charge is 0.0885 e. The summed E-state index contributed by atoms with van der Waals surface area (Å²) in [5, 5.41) is 0.